The molecule has 0 unspecified atom stereocenters. The second kappa shape index (κ2) is 8.76. The number of imidazole rings is 1. The molecule has 0 spiro atoms. The molecule has 2 aromatic heterocycles. The molecule has 10 nitrogen and oxygen atoms in total. The van der Waals surface area contributed by atoms with Gasteiger partial charge in [-0.25, -0.2) is 22.8 Å². The highest BCUT2D eigenvalue weighted by Crippen LogP contribution is 2.35. The standard InChI is InChI=1S/C19H23FN6O4S/c1-5-6-31(28,29)25-13-8-11(7-12(20)16(13)30-4)15-9-23-18-17(21-2)24-14(10-26(15)18)19(27)22-3/h7-10,25H,5-6H2,1-4H3,(H,21,24)(H,22,27). The molecule has 0 aliphatic carbocycles. The maximum atomic E-state index is 14.8. The molecule has 3 aromatic rings. The number of benzene rings is 1. The van der Waals surface area contributed by atoms with E-state index >= 15 is 0 Å². The van der Waals surface area contributed by atoms with Crippen LogP contribution in [0.1, 0.15) is 23.8 Å². The van der Waals surface area contributed by atoms with E-state index in [1.807, 2.05) is 0 Å². The summed E-state index contributed by atoms with van der Waals surface area (Å²) in [6.07, 6.45) is 3.35. The lowest BCUT2D eigenvalue weighted by Crippen LogP contribution is -2.20. The van der Waals surface area contributed by atoms with E-state index in [1.54, 1.807) is 18.4 Å². The SMILES string of the molecule is CCCS(=O)(=O)Nc1cc(-c2cnc3c(NC)nc(C(=O)NC)cn23)cc(F)c1OC. The normalized spacial score (nSPS) is 11.4. The molecular formula is C19H23FN6O4S. The Morgan fingerprint density at radius 3 is 2.65 bits per heavy atom. The van der Waals surface area contributed by atoms with Crippen molar-refractivity contribution < 1.29 is 22.3 Å². The maximum Gasteiger partial charge on any atom is 0.271 e. The first-order chi connectivity index (χ1) is 14.7. The molecule has 0 fully saturated rings. The van der Waals surface area contributed by atoms with Gasteiger partial charge < -0.3 is 15.4 Å². The minimum atomic E-state index is -3.69. The van der Waals surface area contributed by atoms with Crippen LogP contribution in [0.3, 0.4) is 0 Å². The van der Waals surface area contributed by atoms with Gasteiger partial charge in [-0.05, 0) is 18.6 Å². The monoisotopic (exact) mass is 450 g/mol. The molecule has 0 aliphatic heterocycles. The van der Waals surface area contributed by atoms with Gasteiger partial charge in [-0.2, -0.15) is 0 Å². The fraction of sp³-hybridized carbons (Fsp3) is 0.316. The predicted octanol–water partition coefficient (Wildman–Crippen LogP) is 2.10. The minimum Gasteiger partial charge on any atom is -0.492 e. The number of carbonyl (C=O) groups is 1. The Morgan fingerprint density at radius 1 is 1.29 bits per heavy atom. The number of anilines is 2. The first-order valence-electron chi connectivity index (χ1n) is 9.41. The second-order valence-electron chi connectivity index (χ2n) is 6.60. The van der Waals surface area contributed by atoms with Crippen molar-refractivity contribution in [2.75, 3.05) is 37.0 Å². The van der Waals surface area contributed by atoms with Gasteiger partial charge in [-0.15, -0.1) is 0 Å². The number of amides is 1. The molecule has 3 rings (SSSR count). The molecule has 3 N–H and O–H groups in total. The van der Waals surface area contributed by atoms with E-state index in [4.69, 9.17) is 4.74 Å². The number of aromatic nitrogens is 3. The third-order valence-corrected chi connectivity index (χ3v) is 5.95. The van der Waals surface area contributed by atoms with Gasteiger partial charge in [-0.3, -0.25) is 13.9 Å². The van der Waals surface area contributed by atoms with Crippen molar-refractivity contribution in [2.24, 2.45) is 0 Å². The largest absolute Gasteiger partial charge is 0.492 e. The Balaban J connectivity index is 2.21. The summed E-state index contributed by atoms with van der Waals surface area (Å²) >= 11 is 0. The number of nitrogens with zero attached hydrogens (tertiary/aromatic N) is 3. The summed E-state index contributed by atoms with van der Waals surface area (Å²) in [6, 6.07) is 2.66. The number of rotatable bonds is 8. The van der Waals surface area contributed by atoms with Gasteiger partial charge in [0.1, 0.15) is 5.69 Å². The molecular weight excluding hydrogens is 427 g/mol. The molecule has 31 heavy (non-hydrogen) atoms. The highest BCUT2D eigenvalue weighted by molar-refractivity contribution is 7.92. The summed E-state index contributed by atoms with van der Waals surface area (Å²) in [7, 11) is 0.687. The highest BCUT2D eigenvalue weighted by atomic mass is 32.2. The summed E-state index contributed by atoms with van der Waals surface area (Å²) < 4.78 is 48.3. The number of fused-ring (bicyclic) bond motifs is 1. The number of carbonyl (C=O) groups excluding carboxylic acids is 1. The fourth-order valence-electron chi connectivity index (χ4n) is 3.12. The van der Waals surface area contributed by atoms with Crippen LogP contribution in [0.4, 0.5) is 15.9 Å². The molecule has 0 saturated heterocycles. The molecule has 1 amide bonds. The molecule has 12 heteroatoms. The van der Waals surface area contributed by atoms with Gasteiger partial charge in [0.25, 0.3) is 5.91 Å². The number of nitrogens with one attached hydrogen (secondary N) is 3. The van der Waals surface area contributed by atoms with E-state index in [1.165, 1.54) is 38.7 Å². The zero-order valence-electron chi connectivity index (χ0n) is 17.5. The quantitative estimate of drug-likeness (QED) is 0.480. The highest BCUT2D eigenvalue weighted by Gasteiger charge is 2.20. The summed E-state index contributed by atoms with van der Waals surface area (Å²) in [5.41, 5.74) is 1.26. The average molecular weight is 450 g/mol. The van der Waals surface area contributed by atoms with E-state index in [9.17, 15) is 17.6 Å². The van der Waals surface area contributed by atoms with Crippen LogP contribution in [-0.4, -0.2) is 55.7 Å². The van der Waals surface area contributed by atoms with Crippen LogP contribution in [0.25, 0.3) is 16.9 Å². The molecule has 0 bridgehead atoms. The first kappa shape index (κ1) is 22.3. The molecule has 1 aromatic carbocycles. The summed E-state index contributed by atoms with van der Waals surface area (Å²) in [6.45, 7) is 1.73. The Kier molecular flexibility index (Phi) is 6.29. The van der Waals surface area contributed by atoms with E-state index < -0.39 is 21.7 Å². The Labute approximate surface area is 178 Å². The van der Waals surface area contributed by atoms with Crippen LogP contribution in [0.15, 0.2) is 24.5 Å². The van der Waals surface area contributed by atoms with Crippen molar-refractivity contribution >= 4 is 33.1 Å². The van der Waals surface area contributed by atoms with Crippen LogP contribution in [0, 0.1) is 5.82 Å². The van der Waals surface area contributed by atoms with E-state index in [0.29, 0.717) is 29.1 Å². The number of halogens is 1. The van der Waals surface area contributed by atoms with Crippen molar-refractivity contribution in [1.29, 1.82) is 0 Å². The lowest BCUT2D eigenvalue weighted by molar-refractivity contribution is 0.0958. The van der Waals surface area contributed by atoms with Crippen molar-refractivity contribution in [3.63, 3.8) is 0 Å². The zero-order chi connectivity index (χ0) is 22.8. The number of methoxy groups -OCH3 is 1. The Bertz CT molecular complexity index is 1240. The van der Waals surface area contributed by atoms with E-state index in [0.717, 1.165) is 0 Å². The van der Waals surface area contributed by atoms with Crippen LogP contribution in [0.5, 0.6) is 5.75 Å². The lowest BCUT2D eigenvalue weighted by Gasteiger charge is -2.14. The summed E-state index contributed by atoms with van der Waals surface area (Å²) in [5.74, 6) is -1.15. The third kappa shape index (κ3) is 4.38. The van der Waals surface area contributed by atoms with Gasteiger partial charge in [0.2, 0.25) is 10.0 Å². The number of hydrogen-bond acceptors (Lipinski definition) is 7. The van der Waals surface area contributed by atoms with Gasteiger partial charge in [0.15, 0.2) is 23.0 Å². The van der Waals surface area contributed by atoms with Gasteiger partial charge in [0, 0.05) is 25.9 Å². The van der Waals surface area contributed by atoms with E-state index in [-0.39, 0.29) is 22.9 Å². The average Bonchev–Trinajstić information content (AvgIpc) is 3.15. The number of ether oxygens (including phenoxy) is 1. The third-order valence-electron chi connectivity index (χ3n) is 4.47. The van der Waals surface area contributed by atoms with Crippen molar-refractivity contribution in [2.45, 2.75) is 13.3 Å². The molecule has 0 aliphatic rings. The van der Waals surface area contributed by atoms with E-state index in [2.05, 4.69) is 25.3 Å². The maximum absolute atomic E-state index is 14.8. The zero-order valence-corrected chi connectivity index (χ0v) is 18.3. The van der Waals surface area contributed by atoms with Gasteiger partial charge in [-0.1, -0.05) is 6.92 Å². The molecule has 0 radical (unpaired) electrons. The molecule has 2 heterocycles. The van der Waals surface area contributed by atoms with Crippen molar-refractivity contribution in [3.8, 4) is 17.0 Å². The topological polar surface area (TPSA) is 127 Å². The predicted molar refractivity (Wildman–Crippen MR) is 116 cm³/mol. The Hall–Kier alpha value is -3.41. The smallest absolute Gasteiger partial charge is 0.271 e. The van der Waals surface area contributed by atoms with Crippen LogP contribution in [-0.2, 0) is 10.0 Å². The lowest BCUT2D eigenvalue weighted by atomic mass is 10.1. The summed E-state index contributed by atoms with van der Waals surface area (Å²) in [4.78, 5) is 20.7. The first-order valence-corrected chi connectivity index (χ1v) is 11.1. The van der Waals surface area contributed by atoms with Gasteiger partial charge in [0.05, 0.1) is 30.4 Å². The number of hydrogen-bond donors (Lipinski definition) is 3. The van der Waals surface area contributed by atoms with Crippen molar-refractivity contribution in [3.05, 3.63) is 36.0 Å². The van der Waals surface area contributed by atoms with Crippen LogP contribution in [0.2, 0.25) is 0 Å². The van der Waals surface area contributed by atoms with Crippen LogP contribution >= 0.6 is 0 Å². The molecule has 0 saturated carbocycles. The number of sulfonamides is 1. The van der Waals surface area contributed by atoms with Crippen molar-refractivity contribution in [1.82, 2.24) is 19.7 Å². The summed E-state index contributed by atoms with van der Waals surface area (Å²) in [5, 5.41) is 5.38. The minimum absolute atomic E-state index is 0.0321. The van der Waals surface area contributed by atoms with Gasteiger partial charge >= 0.3 is 0 Å². The molecule has 0 atom stereocenters. The molecule has 166 valence electrons. The van der Waals surface area contributed by atoms with Crippen LogP contribution < -0.4 is 20.1 Å². The Morgan fingerprint density at radius 2 is 2.03 bits per heavy atom. The second-order valence-corrected chi connectivity index (χ2v) is 8.44. The fourth-order valence-corrected chi connectivity index (χ4v) is 4.25.